The number of benzene rings is 1. The molecule has 0 saturated carbocycles. The van der Waals surface area contributed by atoms with Gasteiger partial charge in [-0.3, -0.25) is 25.5 Å². The molecule has 2 rings (SSSR count). The smallest absolute Gasteiger partial charge is 0.356 e. The van der Waals surface area contributed by atoms with Crippen molar-refractivity contribution in [2.24, 2.45) is 0 Å². The van der Waals surface area contributed by atoms with Crippen molar-refractivity contribution in [3.05, 3.63) is 42.1 Å². The van der Waals surface area contributed by atoms with Gasteiger partial charge in [0.15, 0.2) is 6.61 Å². The molecule has 0 spiro atoms. The summed E-state index contributed by atoms with van der Waals surface area (Å²) in [6.07, 6.45) is 0. The first-order valence-corrected chi connectivity index (χ1v) is 6.39. The number of nitrogens with one attached hydrogen (secondary N) is 3. The first-order valence-electron chi connectivity index (χ1n) is 6.39. The molecule has 0 aliphatic carbocycles. The van der Waals surface area contributed by atoms with Gasteiger partial charge in [0, 0.05) is 12.5 Å². The third-order valence-corrected chi connectivity index (χ3v) is 2.58. The van der Waals surface area contributed by atoms with E-state index in [2.05, 4.69) is 21.0 Å². The molecule has 1 aromatic heterocycles. The molecule has 8 heteroatoms. The van der Waals surface area contributed by atoms with Gasteiger partial charge in [0.25, 0.3) is 5.91 Å². The molecule has 3 N–H and O–H groups in total. The van der Waals surface area contributed by atoms with Crippen LogP contribution >= 0.6 is 0 Å². The number of ether oxygens (including phenoxy) is 1. The zero-order valence-corrected chi connectivity index (χ0v) is 11.8. The highest BCUT2D eigenvalue weighted by Crippen LogP contribution is 2.17. The maximum absolute atomic E-state index is 11.8. The van der Waals surface area contributed by atoms with Crippen LogP contribution in [0.5, 0.6) is 0 Å². The Morgan fingerprint density at radius 2 is 1.91 bits per heavy atom. The lowest BCUT2D eigenvalue weighted by molar-refractivity contribution is -0.129. The van der Waals surface area contributed by atoms with E-state index < -0.39 is 24.4 Å². The quantitative estimate of drug-likeness (QED) is 0.559. The van der Waals surface area contributed by atoms with Crippen LogP contribution in [0.3, 0.4) is 0 Å². The molecule has 114 valence electrons. The number of aromatic amines is 1. The van der Waals surface area contributed by atoms with Crippen molar-refractivity contribution >= 4 is 17.8 Å². The summed E-state index contributed by atoms with van der Waals surface area (Å²) in [4.78, 5) is 33.7. The summed E-state index contributed by atoms with van der Waals surface area (Å²) in [6, 6.07) is 10.8. The van der Waals surface area contributed by atoms with E-state index >= 15 is 0 Å². The second-order valence-electron chi connectivity index (χ2n) is 4.34. The van der Waals surface area contributed by atoms with Gasteiger partial charge in [-0.15, -0.1) is 0 Å². The van der Waals surface area contributed by atoms with Gasteiger partial charge in [-0.1, -0.05) is 30.3 Å². The molecule has 22 heavy (non-hydrogen) atoms. The molecular formula is C14H14N4O4. The number of hydrogen-bond donors (Lipinski definition) is 3. The van der Waals surface area contributed by atoms with Crippen LogP contribution in [0.25, 0.3) is 11.3 Å². The Labute approximate surface area is 125 Å². The molecule has 8 nitrogen and oxygen atoms in total. The number of amides is 2. The minimum Gasteiger partial charge on any atom is -0.451 e. The second kappa shape index (κ2) is 7.02. The van der Waals surface area contributed by atoms with Crippen LogP contribution in [0.15, 0.2) is 36.4 Å². The number of carbonyl (C=O) groups is 3. The van der Waals surface area contributed by atoms with Gasteiger partial charge in [-0.05, 0) is 6.07 Å². The molecule has 0 unspecified atom stereocenters. The normalized spacial score (nSPS) is 9.86. The first kappa shape index (κ1) is 15.2. The van der Waals surface area contributed by atoms with E-state index in [9.17, 15) is 14.4 Å². The summed E-state index contributed by atoms with van der Waals surface area (Å²) < 4.78 is 4.80. The minimum absolute atomic E-state index is 0.131. The Kier molecular flexibility index (Phi) is 4.86. The molecule has 0 radical (unpaired) electrons. The lowest BCUT2D eigenvalue weighted by Crippen LogP contribution is -2.42. The number of aromatic nitrogens is 2. The van der Waals surface area contributed by atoms with Gasteiger partial charge >= 0.3 is 5.97 Å². The number of nitrogens with zero attached hydrogens (tertiary/aromatic N) is 1. The Bertz CT molecular complexity index is 681. The molecule has 1 aromatic carbocycles. The van der Waals surface area contributed by atoms with Gasteiger partial charge in [0.1, 0.15) is 5.69 Å². The summed E-state index contributed by atoms with van der Waals surface area (Å²) in [6.45, 7) is 0.723. The fraction of sp³-hybridized carbons (Fsp3) is 0.143. The number of hydrazine groups is 1. The van der Waals surface area contributed by atoms with E-state index in [1.165, 1.54) is 13.0 Å². The highest BCUT2D eigenvalue weighted by molar-refractivity contribution is 5.90. The maximum atomic E-state index is 11.8. The first-order chi connectivity index (χ1) is 10.6. The Hall–Kier alpha value is -3.16. The van der Waals surface area contributed by atoms with Crippen LogP contribution in [0.4, 0.5) is 0 Å². The van der Waals surface area contributed by atoms with Gasteiger partial charge in [0.05, 0.1) is 5.69 Å². The molecule has 0 saturated heterocycles. The number of hydrogen-bond acceptors (Lipinski definition) is 5. The van der Waals surface area contributed by atoms with E-state index in [0.29, 0.717) is 5.69 Å². The van der Waals surface area contributed by atoms with Crippen molar-refractivity contribution in [1.82, 2.24) is 21.0 Å². The van der Waals surface area contributed by atoms with E-state index in [1.54, 1.807) is 0 Å². The third kappa shape index (κ3) is 4.17. The lowest BCUT2D eigenvalue weighted by Gasteiger charge is -2.05. The Balaban J connectivity index is 1.90. The van der Waals surface area contributed by atoms with E-state index in [0.717, 1.165) is 5.56 Å². The largest absolute Gasteiger partial charge is 0.451 e. The van der Waals surface area contributed by atoms with Crippen molar-refractivity contribution in [3.8, 4) is 11.3 Å². The van der Waals surface area contributed by atoms with Crippen LogP contribution in [0.1, 0.15) is 17.4 Å². The Morgan fingerprint density at radius 1 is 1.18 bits per heavy atom. The summed E-state index contributed by atoms with van der Waals surface area (Å²) in [5.74, 6) is -1.79. The van der Waals surface area contributed by atoms with Gasteiger partial charge in [0.2, 0.25) is 5.91 Å². The predicted octanol–water partition coefficient (Wildman–Crippen LogP) is 0.401. The van der Waals surface area contributed by atoms with E-state index in [-0.39, 0.29) is 5.69 Å². The molecule has 2 aromatic rings. The molecule has 0 atom stereocenters. The minimum atomic E-state index is -0.715. The topological polar surface area (TPSA) is 113 Å². The SMILES string of the molecule is CC(=O)NNC(=O)COC(=O)c1cc(-c2ccccc2)n[nH]1. The molecular weight excluding hydrogens is 288 g/mol. The van der Waals surface area contributed by atoms with Crippen molar-refractivity contribution in [2.75, 3.05) is 6.61 Å². The summed E-state index contributed by atoms with van der Waals surface area (Å²) in [5.41, 5.74) is 5.73. The zero-order chi connectivity index (χ0) is 15.9. The van der Waals surface area contributed by atoms with Crippen molar-refractivity contribution in [3.63, 3.8) is 0 Å². The van der Waals surface area contributed by atoms with E-state index in [4.69, 9.17) is 4.74 Å². The molecule has 0 aliphatic rings. The fourth-order valence-electron chi connectivity index (χ4n) is 1.59. The second-order valence-corrected chi connectivity index (χ2v) is 4.34. The van der Waals surface area contributed by atoms with Crippen molar-refractivity contribution in [2.45, 2.75) is 6.92 Å². The monoisotopic (exact) mass is 302 g/mol. The number of rotatable bonds is 4. The standard InChI is InChI=1S/C14H14N4O4/c1-9(19)15-18-13(20)8-22-14(21)12-7-11(16-17-12)10-5-3-2-4-6-10/h2-7H,8H2,1H3,(H,15,19)(H,16,17)(H,18,20). The molecule has 0 fully saturated rings. The van der Waals surface area contributed by atoms with Crippen LogP contribution in [-0.4, -0.2) is 34.6 Å². The molecule has 2 amide bonds. The van der Waals surface area contributed by atoms with Crippen molar-refractivity contribution < 1.29 is 19.1 Å². The van der Waals surface area contributed by atoms with Crippen molar-refractivity contribution in [1.29, 1.82) is 0 Å². The fourth-order valence-corrected chi connectivity index (χ4v) is 1.59. The average molecular weight is 302 g/mol. The Morgan fingerprint density at radius 3 is 2.59 bits per heavy atom. The summed E-state index contributed by atoms with van der Waals surface area (Å²) >= 11 is 0. The average Bonchev–Trinajstić information content (AvgIpc) is 3.01. The highest BCUT2D eigenvalue weighted by Gasteiger charge is 2.14. The van der Waals surface area contributed by atoms with Gasteiger partial charge in [-0.2, -0.15) is 5.10 Å². The summed E-state index contributed by atoms with van der Waals surface area (Å²) in [7, 11) is 0. The lowest BCUT2D eigenvalue weighted by atomic mass is 10.1. The van der Waals surface area contributed by atoms with E-state index in [1.807, 2.05) is 30.3 Å². The van der Waals surface area contributed by atoms with Crippen LogP contribution in [0, 0.1) is 0 Å². The number of H-pyrrole nitrogens is 1. The van der Waals surface area contributed by atoms with Crippen LogP contribution in [0.2, 0.25) is 0 Å². The van der Waals surface area contributed by atoms with Crippen LogP contribution < -0.4 is 10.9 Å². The maximum Gasteiger partial charge on any atom is 0.356 e. The highest BCUT2D eigenvalue weighted by atomic mass is 16.5. The summed E-state index contributed by atoms with van der Waals surface area (Å²) in [5, 5.41) is 6.56. The van der Waals surface area contributed by atoms with Gasteiger partial charge < -0.3 is 4.74 Å². The molecule has 0 aliphatic heterocycles. The number of esters is 1. The molecule has 1 heterocycles. The third-order valence-electron chi connectivity index (χ3n) is 2.58. The zero-order valence-electron chi connectivity index (χ0n) is 11.8. The van der Waals surface area contributed by atoms with Crippen LogP contribution in [-0.2, 0) is 14.3 Å². The number of carbonyl (C=O) groups excluding carboxylic acids is 3. The predicted molar refractivity (Wildman–Crippen MR) is 76.3 cm³/mol. The molecule has 0 bridgehead atoms. The van der Waals surface area contributed by atoms with Gasteiger partial charge in [-0.25, -0.2) is 4.79 Å².